The highest BCUT2D eigenvalue weighted by Gasteiger charge is 2.31. The zero-order valence-corrected chi connectivity index (χ0v) is 23.3. The maximum Gasteiger partial charge on any atom is 0.354 e. The lowest BCUT2D eigenvalue weighted by Gasteiger charge is -2.37. The lowest BCUT2D eigenvalue weighted by Crippen LogP contribution is -2.58. The third-order valence-corrected chi connectivity index (χ3v) is 7.73. The van der Waals surface area contributed by atoms with Crippen LogP contribution in [0.25, 0.3) is 5.69 Å². The van der Waals surface area contributed by atoms with E-state index in [1.807, 2.05) is 18.2 Å². The van der Waals surface area contributed by atoms with Gasteiger partial charge in [-0.25, -0.2) is 9.59 Å². The molecule has 212 valence electrons. The van der Waals surface area contributed by atoms with Crippen molar-refractivity contribution in [2.75, 3.05) is 51.1 Å². The summed E-state index contributed by atoms with van der Waals surface area (Å²) in [4.78, 5) is 47.7. The molecule has 1 aromatic carbocycles. The van der Waals surface area contributed by atoms with Gasteiger partial charge in [0.25, 0.3) is 0 Å². The Morgan fingerprint density at radius 1 is 1.08 bits per heavy atom. The van der Waals surface area contributed by atoms with E-state index in [2.05, 4.69) is 28.2 Å². The fraction of sp³-hybridized carbons (Fsp3) is 0.571. The first-order chi connectivity index (χ1) is 18.5. The van der Waals surface area contributed by atoms with Gasteiger partial charge in [-0.15, -0.1) is 0 Å². The summed E-state index contributed by atoms with van der Waals surface area (Å²) in [7, 11) is 0. The van der Waals surface area contributed by atoms with Crippen LogP contribution in [0.15, 0.2) is 41.3 Å². The molecule has 11 nitrogen and oxygen atoms in total. The van der Waals surface area contributed by atoms with Crippen LogP contribution >= 0.6 is 0 Å². The van der Waals surface area contributed by atoms with E-state index < -0.39 is 11.2 Å². The van der Waals surface area contributed by atoms with Crippen LogP contribution in [0.4, 0.5) is 10.6 Å². The summed E-state index contributed by atoms with van der Waals surface area (Å²) in [6.07, 6.45) is 4.81. The van der Waals surface area contributed by atoms with Gasteiger partial charge in [-0.05, 0) is 82.8 Å². The molecule has 4 rings (SSSR count). The van der Waals surface area contributed by atoms with Gasteiger partial charge in [0.15, 0.2) is 0 Å². The van der Waals surface area contributed by atoms with E-state index in [0.29, 0.717) is 32.1 Å². The van der Waals surface area contributed by atoms with Gasteiger partial charge in [-0.3, -0.25) is 14.7 Å². The zero-order valence-electron chi connectivity index (χ0n) is 23.3. The molecular weight excluding hydrogens is 496 g/mol. The summed E-state index contributed by atoms with van der Waals surface area (Å²) in [6.45, 7) is 10.1. The Kier molecular flexibility index (Phi) is 9.04. The van der Waals surface area contributed by atoms with Crippen molar-refractivity contribution >= 4 is 17.8 Å². The summed E-state index contributed by atoms with van der Waals surface area (Å²) in [5.41, 5.74) is 12.5. The predicted molar refractivity (Wildman–Crippen MR) is 152 cm³/mol. The molecule has 0 bridgehead atoms. The van der Waals surface area contributed by atoms with Gasteiger partial charge in [-0.1, -0.05) is 12.1 Å². The van der Waals surface area contributed by atoms with Gasteiger partial charge < -0.3 is 26.2 Å². The van der Waals surface area contributed by atoms with Crippen molar-refractivity contribution in [3.05, 3.63) is 52.6 Å². The van der Waals surface area contributed by atoms with E-state index in [-0.39, 0.29) is 23.8 Å². The van der Waals surface area contributed by atoms with Crippen LogP contribution in [0, 0.1) is 5.92 Å². The molecule has 1 unspecified atom stereocenters. The number of aromatic nitrogens is 2. The third kappa shape index (κ3) is 7.43. The molecule has 2 aliphatic rings. The third-order valence-electron chi connectivity index (χ3n) is 7.73. The Balaban J connectivity index is 1.31. The van der Waals surface area contributed by atoms with Crippen molar-refractivity contribution in [3.63, 3.8) is 0 Å². The van der Waals surface area contributed by atoms with Crippen molar-refractivity contribution < 1.29 is 9.59 Å². The summed E-state index contributed by atoms with van der Waals surface area (Å²) < 4.78 is 1.48. The van der Waals surface area contributed by atoms with Crippen LogP contribution in [0.1, 0.15) is 39.2 Å². The number of piperazine rings is 1. The van der Waals surface area contributed by atoms with Gasteiger partial charge in [0, 0.05) is 45.0 Å². The number of anilines is 1. The van der Waals surface area contributed by atoms with Crippen LogP contribution in [0.3, 0.4) is 0 Å². The van der Waals surface area contributed by atoms with Gasteiger partial charge in [-0.2, -0.15) is 4.98 Å². The Hall–Kier alpha value is -3.28. The number of amides is 3. The smallest absolute Gasteiger partial charge is 0.338 e. The normalized spacial score (nSPS) is 18.2. The fourth-order valence-electron chi connectivity index (χ4n) is 5.23. The molecule has 1 atom stereocenters. The summed E-state index contributed by atoms with van der Waals surface area (Å²) in [5, 5.41) is 2.70. The van der Waals surface area contributed by atoms with E-state index in [1.54, 1.807) is 35.9 Å². The maximum atomic E-state index is 12.8. The first-order valence-corrected chi connectivity index (χ1v) is 13.8. The molecule has 2 aromatic rings. The van der Waals surface area contributed by atoms with Crippen molar-refractivity contribution in [1.82, 2.24) is 24.3 Å². The Morgan fingerprint density at radius 2 is 1.74 bits per heavy atom. The highest BCUT2D eigenvalue weighted by molar-refractivity contribution is 5.89. The standard InChI is InChI=1S/C28H42N8O3/c1-20(29)22-8-12-33(13-9-22)11-7-21-5-4-6-23(19-21)36-14-10-24(32-27(36)39)31-26(38)35-17-15-34(16-18-35)25(37)28(2,3)30/h4-6,10,14,19-20,22H,7-9,11-13,15-18,29-30H2,1-3H3,(H,31,32,38,39). The molecule has 0 radical (unpaired) electrons. The first kappa shape index (κ1) is 28.7. The number of carbonyl (C=O) groups excluding carboxylic acids is 2. The van der Waals surface area contributed by atoms with E-state index >= 15 is 0 Å². The molecular formula is C28H42N8O3. The van der Waals surface area contributed by atoms with Crippen LogP contribution < -0.4 is 22.5 Å². The van der Waals surface area contributed by atoms with Crippen LogP contribution in [0.2, 0.25) is 0 Å². The monoisotopic (exact) mass is 538 g/mol. The lowest BCUT2D eigenvalue weighted by atomic mass is 9.91. The van der Waals surface area contributed by atoms with Crippen LogP contribution in [-0.2, 0) is 11.2 Å². The molecule has 3 amide bonds. The SMILES string of the molecule is CC(N)C1CCN(CCc2cccc(-n3ccc(NC(=O)N4CCN(C(=O)C(C)(C)N)CC4)nc3=O)c2)CC1. The van der Waals surface area contributed by atoms with Crippen molar-refractivity contribution in [1.29, 1.82) is 0 Å². The van der Waals surface area contributed by atoms with Crippen molar-refractivity contribution in [2.45, 2.75) is 51.6 Å². The van der Waals surface area contributed by atoms with Crippen LogP contribution in [-0.4, -0.2) is 93.6 Å². The van der Waals surface area contributed by atoms with Crippen LogP contribution in [0.5, 0.6) is 0 Å². The highest BCUT2D eigenvalue weighted by Crippen LogP contribution is 2.20. The minimum Gasteiger partial charge on any atom is -0.338 e. The topological polar surface area (TPSA) is 143 Å². The number of hydrogen-bond acceptors (Lipinski definition) is 7. The van der Waals surface area contributed by atoms with E-state index in [4.69, 9.17) is 11.5 Å². The molecule has 11 heteroatoms. The van der Waals surface area contributed by atoms with Crippen molar-refractivity contribution in [3.8, 4) is 5.69 Å². The quantitative estimate of drug-likeness (QED) is 0.481. The molecule has 0 saturated carbocycles. The molecule has 2 aliphatic heterocycles. The van der Waals surface area contributed by atoms with E-state index in [9.17, 15) is 14.4 Å². The van der Waals surface area contributed by atoms with E-state index in [0.717, 1.165) is 50.1 Å². The number of hydrogen-bond donors (Lipinski definition) is 3. The Labute approximate surface area is 230 Å². The van der Waals surface area contributed by atoms with Crippen molar-refractivity contribution in [2.24, 2.45) is 17.4 Å². The van der Waals surface area contributed by atoms with Gasteiger partial charge in [0.1, 0.15) is 5.82 Å². The molecule has 5 N–H and O–H groups in total. The summed E-state index contributed by atoms with van der Waals surface area (Å²) in [5.74, 6) is 0.662. The highest BCUT2D eigenvalue weighted by atomic mass is 16.2. The zero-order chi connectivity index (χ0) is 28.2. The number of nitrogens with one attached hydrogen (secondary N) is 1. The van der Waals surface area contributed by atoms with E-state index in [1.165, 1.54) is 4.57 Å². The molecule has 1 aromatic heterocycles. The maximum absolute atomic E-state index is 12.8. The second-order valence-electron chi connectivity index (χ2n) is 11.4. The Morgan fingerprint density at radius 3 is 2.36 bits per heavy atom. The summed E-state index contributed by atoms with van der Waals surface area (Å²) in [6, 6.07) is 9.43. The van der Waals surface area contributed by atoms with Gasteiger partial charge >= 0.3 is 11.7 Å². The molecule has 39 heavy (non-hydrogen) atoms. The first-order valence-electron chi connectivity index (χ1n) is 13.8. The number of carbonyl (C=O) groups is 2. The number of urea groups is 1. The fourth-order valence-corrected chi connectivity index (χ4v) is 5.23. The Bertz CT molecular complexity index is 1210. The molecule has 3 heterocycles. The van der Waals surface area contributed by atoms with Gasteiger partial charge in [0.05, 0.1) is 11.2 Å². The minimum absolute atomic E-state index is 0.140. The number of rotatable bonds is 7. The predicted octanol–water partition coefficient (Wildman–Crippen LogP) is 1.25. The summed E-state index contributed by atoms with van der Waals surface area (Å²) >= 11 is 0. The number of nitrogens with zero attached hydrogens (tertiary/aromatic N) is 5. The number of nitrogens with two attached hydrogens (primary N) is 2. The number of benzene rings is 1. The largest absolute Gasteiger partial charge is 0.354 e. The number of piperidine rings is 1. The lowest BCUT2D eigenvalue weighted by molar-refractivity contribution is -0.137. The molecule has 0 spiro atoms. The second-order valence-corrected chi connectivity index (χ2v) is 11.4. The average molecular weight is 539 g/mol. The minimum atomic E-state index is -0.946. The number of likely N-dealkylation sites (tertiary alicyclic amines) is 1. The molecule has 2 saturated heterocycles. The molecule has 2 fully saturated rings. The molecule has 0 aliphatic carbocycles. The second kappa shape index (κ2) is 12.3. The van der Waals surface area contributed by atoms with Gasteiger partial charge in [0.2, 0.25) is 5.91 Å². The average Bonchev–Trinajstić information content (AvgIpc) is 2.91.